The van der Waals surface area contributed by atoms with Crippen LogP contribution < -0.4 is 0 Å². The van der Waals surface area contributed by atoms with E-state index in [9.17, 15) is 0 Å². The van der Waals surface area contributed by atoms with Gasteiger partial charge < -0.3 is 9.97 Å². The fraction of sp³-hybridized carbons (Fsp3) is 0. The molecule has 0 unspecified atom stereocenters. The summed E-state index contributed by atoms with van der Waals surface area (Å²) >= 11 is 0. The molecule has 5 heterocycles. The Kier molecular flexibility index (Phi) is 7.69. The number of hydrogen-bond acceptors (Lipinski definition) is 2. The molecule has 7 aromatic rings. The highest BCUT2D eigenvalue weighted by Crippen LogP contribution is 2.47. The van der Waals surface area contributed by atoms with Crippen LogP contribution >= 0.6 is 0 Å². The quantitative estimate of drug-likeness (QED) is 0.179. The molecule has 0 radical (unpaired) electrons. The van der Waals surface area contributed by atoms with Crippen molar-refractivity contribution >= 4 is 45.6 Å². The van der Waals surface area contributed by atoms with Crippen molar-refractivity contribution in [3.8, 4) is 33.4 Å². The number of nitrogens with one attached hydrogen (secondary N) is 2. The van der Waals surface area contributed by atoms with Gasteiger partial charge in [0.15, 0.2) is 29.1 Å². The lowest BCUT2D eigenvalue weighted by molar-refractivity contribution is 0.518. The lowest BCUT2D eigenvalue weighted by atomic mass is 9.91. The molecular weight excluding hydrogens is 680 g/mol. The van der Waals surface area contributed by atoms with E-state index in [1.165, 1.54) is 6.08 Å². The average molecular weight is 705 g/mol. The van der Waals surface area contributed by atoms with Crippen molar-refractivity contribution in [2.24, 2.45) is 0 Å². The number of hydrogen-bond donors (Lipinski definition) is 2. The fourth-order valence-electron chi connectivity index (χ4n) is 6.98. The smallest absolute Gasteiger partial charge is 0.187 e. The molecular formula is C44H25F5N4. The molecule has 256 valence electrons. The van der Waals surface area contributed by atoms with E-state index in [0.717, 1.165) is 22.3 Å². The third-order valence-electron chi connectivity index (χ3n) is 9.36. The number of benzene rings is 4. The van der Waals surface area contributed by atoms with Crippen LogP contribution in [0.25, 0.3) is 79.0 Å². The second-order valence-corrected chi connectivity index (χ2v) is 12.5. The summed E-state index contributed by atoms with van der Waals surface area (Å²) in [6.45, 7) is 0. The van der Waals surface area contributed by atoms with Crippen LogP contribution in [-0.4, -0.2) is 19.9 Å². The summed E-state index contributed by atoms with van der Waals surface area (Å²) in [7, 11) is 0. The van der Waals surface area contributed by atoms with Crippen LogP contribution in [0.3, 0.4) is 0 Å². The van der Waals surface area contributed by atoms with Crippen LogP contribution in [0, 0.1) is 23.3 Å². The van der Waals surface area contributed by atoms with Gasteiger partial charge in [-0.3, -0.25) is 0 Å². The molecule has 0 atom stereocenters. The molecule has 0 spiro atoms. The van der Waals surface area contributed by atoms with Crippen molar-refractivity contribution in [2.45, 2.75) is 0 Å². The molecule has 2 aliphatic rings. The normalized spacial score (nSPS) is 12.5. The van der Waals surface area contributed by atoms with Gasteiger partial charge >= 0.3 is 0 Å². The number of aromatic nitrogens is 4. The summed E-state index contributed by atoms with van der Waals surface area (Å²) in [4.78, 5) is 14.7. The van der Waals surface area contributed by atoms with E-state index in [1.807, 2.05) is 91.0 Å². The minimum Gasteiger partial charge on any atom is -0.354 e. The van der Waals surface area contributed by atoms with Crippen molar-refractivity contribution < 1.29 is 22.0 Å². The Hall–Kier alpha value is -6.87. The molecule has 0 saturated heterocycles. The lowest BCUT2D eigenvalue weighted by Gasteiger charge is -2.12. The van der Waals surface area contributed by atoms with Crippen molar-refractivity contribution in [2.75, 3.05) is 0 Å². The summed E-state index contributed by atoms with van der Waals surface area (Å²) in [6, 6.07) is 38.6. The molecule has 9 heteroatoms. The highest BCUT2D eigenvalue weighted by molar-refractivity contribution is 6.11. The zero-order chi connectivity index (χ0) is 36.2. The SMILES string of the molecule is FC1=C(c2ccccc2)c2nc1c(F)c1[nH]c(c(F)c3nc(cc4[nH]c(c2-c2ccccc2)c(-c2ccccc2)c4-c2ccccc2)C=C3)c(F)c1F. The summed E-state index contributed by atoms with van der Waals surface area (Å²) < 4.78 is 80.4. The zero-order valence-corrected chi connectivity index (χ0v) is 27.6. The fourth-order valence-corrected chi connectivity index (χ4v) is 6.98. The Morgan fingerprint density at radius 2 is 0.925 bits per heavy atom. The van der Waals surface area contributed by atoms with E-state index < -0.39 is 45.8 Å². The van der Waals surface area contributed by atoms with Crippen molar-refractivity contribution in [1.29, 1.82) is 0 Å². The molecule has 3 aromatic heterocycles. The molecule has 4 nitrogen and oxygen atoms in total. The predicted molar refractivity (Wildman–Crippen MR) is 200 cm³/mol. The van der Waals surface area contributed by atoms with E-state index in [4.69, 9.17) is 0 Å². The maximum atomic E-state index is 17.0. The van der Waals surface area contributed by atoms with Crippen LogP contribution in [0.1, 0.15) is 28.3 Å². The van der Waals surface area contributed by atoms with Crippen molar-refractivity contribution in [1.82, 2.24) is 19.9 Å². The maximum Gasteiger partial charge on any atom is 0.187 e. The number of H-pyrrole nitrogens is 2. The number of nitrogens with zero attached hydrogens (tertiary/aromatic N) is 2. The summed E-state index contributed by atoms with van der Waals surface area (Å²) in [6.07, 6.45) is 2.87. The first kappa shape index (κ1) is 32.1. The first-order chi connectivity index (χ1) is 25.9. The minimum atomic E-state index is -1.72. The molecule has 4 aromatic carbocycles. The third kappa shape index (κ3) is 5.28. The van der Waals surface area contributed by atoms with E-state index in [1.54, 1.807) is 42.5 Å². The van der Waals surface area contributed by atoms with Crippen molar-refractivity contribution in [3.05, 3.63) is 179 Å². The molecule has 2 aliphatic heterocycles. The molecule has 2 N–H and O–H groups in total. The third-order valence-corrected chi connectivity index (χ3v) is 9.36. The van der Waals surface area contributed by atoms with Gasteiger partial charge in [0.05, 0.1) is 16.9 Å². The molecule has 0 amide bonds. The molecule has 9 rings (SSSR count). The van der Waals surface area contributed by atoms with Gasteiger partial charge in [-0.15, -0.1) is 0 Å². The molecule has 53 heavy (non-hydrogen) atoms. The van der Waals surface area contributed by atoms with Gasteiger partial charge in [-0.1, -0.05) is 121 Å². The molecule has 0 saturated carbocycles. The Morgan fingerprint density at radius 3 is 1.51 bits per heavy atom. The highest BCUT2D eigenvalue weighted by atomic mass is 19.2. The van der Waals surface area contributed by atoms with Crippen molar-refractivity contribution in [3.63, 3.8) is 0 Å². The zero-order valence-electron chi connectivity index (χ0n) is 27.6. The molecule has 0 fully saturated rings. The van der Waals surface area contributed by atoms with Crippen LogP contribution in [0.5, 0.6) is 0 Å². The minimum absolute atomic E-state index is 0.0425. The van der Waals surface area contributed by atoms with Gasteiger partial charge in [0.1, 0.15) is 22.4 Å². The van der Waals surface area contributed by atoms with E-state index in [2.05, 4.69) is 19.9 Å². The number of halogens is 5. The number of aromatic amines is 2. The first-order valence-corrected chi connectivity index (χ1v) is 16.7. The van der Waals surface area contributed by atoms with Gasteiger partial charge in [0.2, 0.25) is 0 Å². The van der Waals surface area contributed by atoms with Crippen LogP contribution in [0.2, 0.25) is 0 Å². The first-order valence-electron chi connectivity index (χ1n) is 16.7. The predicted octanol–water partition coefficient (Wildman–Crippen LogP) is 11.9. The average Bonchev–Trinajstić information content (AvgIpc) is 3.97. The monoisotopic (exact) mass is 704 g/mol. The van der Waals surface area contributed by atoms with E-state index in [0.29, 0.717) is 33.4 Å². The Labute approximate surface area is 299 Å². The summed E-state index contributed by atoms with van der Waals surface area (Å²) in [5.74, 6) is -7.29. The van der Waals surface area contributed by atoms with Crippen LogP contribution in [0.15, 0.2) is 127 Å². The second kappa shape index (κ2) is 12.7. The van der Waals surface area contributed by atoms with Gasteiger partial charge in [-0.2, -0.15) is 0 Å². The van der Waals surface area contributed by atoms with Crippen LogP contribution in [-0.2, 0) is 0 Å². The Morgan fingerprint density at radius 1 is 0.415 bits per heavy atom. The van der Waals surface area contributed by atoms with E-state index in [-0.39, 0.29) is 17.0 Å². The Bertz CT molecular complexity index is 2810. The topological polar surface area (TPSA) is 57.4 Å². The summed E-state index contributed by atoms with van der Waals surface area (Å²) in [5.41, 5.74) is 2.67. The number of rotatable bonds is 4. The van der Waals surface area contributed by atoms with Gasteiger partial charge in [-0.25, -0.2) is 31.9 Å². The van der Waals surface area contributed by atoms with Crippen LogP contribution in [0.4, 0.5) is 22.0 Å². The highest BCUT2D eigenvalue weighted by Gasteiger charge is 2.31. The van der Waals surface area contributed by atoms with Gasteiger partial charge in [0, 0.05) is 27.8 Å². The van der Waals surface area contributed by atoms with Gasteiger partial charge in [0.25, 0.3) is 0 Å². The summed E-state index contributed by atoms with van der Waals surface area (Å²) in [5, 5.41) is 0. The number of fused-ring (bicyclic) bond motifs is 8. The second-order valence-electron chi connectivity index (χ2n) is 12.5. The molecule has 8 bridgehead atoms. The molecule has 0 aliphatic carbocycles. The standard InChI is InChI=1S/C44H25F5N4/c45-35-29-22-21-28(50-29)23-30-31(24-13-5-1-6-14-24)32(25-15-7-2-8-16-25)40(51-30)34(27-19-11-4-12-20-27)41-33(26-17-9-3-10-18-26)36(46)43(52-41)39(49)44-38(48)37(47)42(35)53-44/h1-23,51,53H. The maximum absolute atomic E-state index is 17.0. The Balaban J connectivity index is 1.60. The van der Waals surface area contributed by atoms with Gasteiger partial charge in [-0.05, 0) is 40.5 Å². The lowest BCUT2D eigenvalue weighted by Crippen LogP contribution is -1.93. The largest absolute Gasteiger partial charge is 0.354 e. The van der Waals surface area contributed by atoms with E-state index >= 15 is 22.0 Å².